The van der Waals surface area contributed by atoms with Crippen LogP contribution in [0.15, 0.2) is 36.4 Å². The van der Waals surface area contributed by atoms with E-state index in [0.29, 0.717) is 6.54 Å². The molecule has 3 rings (SSSR count). The molecule has 1 aliphatic carbocycles. The highest BCUT2D eigenvalue weighted by Crippen LogP contribution is 2.18. The highest BCUT2D eigenvalue weighted by atomic mass is 16.1. The Kier molecular flexibility index (Phi) is 4.56. The van der Waals surface area contributed by atoms with Crippen LogP contribution in [-0.2, 0) is 17.8 Å². The van der Waals surface area contributed by atoms with Gasteiger partial charge < -0.3 is 9.88 Å². The summed E-state index contributed by atoms with van der Waals surface area (Å²) in [5, 5.41) is 3.07. The minimum absolute atomic E-state index is 0.148. The predicted molar refractivity (Wildman–Crippen MR) is 88.6 cm³/mol. The van der Waals surface area contributed by atoms with Gasteiger partial charge in [0, 0.05) is 25.4 Å². The Hall–Kier alpha value is -2.10. The van der Waals surface area contributed by atoms with E-state index in [0.717, 1.165) is 43.6 Å². The molecule has 0 saturated heterocycles. The van der Waals surface area contributed by atoms with Gasteiger partial charge in [0.25, 0.3) is 0 Å². The second kappa shape index (κ2) is 6.77. The predicted octanol–water partition coefficient (Wildman–Crippen LogP) is 3.07. The number of hydrogen-bond acceptors (Lipinski definition) is 2. The van der Waals surface area contributed by atoms with Crippen molar-refractivity contribution in [1.29, 1.82) is 0 Å². The molecule has 0 radical (unpaired) electrons. The molecule has 1 aliphatic rings. The third kappa shape index (κ3) is 3.06. The van der Waals surface area contributed by atoms with Crippen LogP contribution in [0, 0.1) is 5.92 Å². The lowest BCUT2D eigenvalue weighted by Crippen LogP contribution is -2.33. The molecule has 0 fully saturated rings. The second-order valence-corrected chi connectivity index (χ2v) is 5.78. The van der Waals surface area contributed by atoms with Crippen molar-refractivity contribution >= 4 is 16.9 Å². The molecular formula is C18H23N3O. The van der Waals surface area contributed by atoms with Gasteiger partial charge in [-0.2, -0.15) is 0 Å². The van der Waals surface area contributed by atoms with Gasteiger partial charge in [-0.3, -0.25) is 4.79 Å². The highest BCUT2D eigenvalue weighted by molar-refractivity contribution is 5.79. The number of carbonyl (C=O) groups excluding carboxylic acids is 1. The maximum atomic E-state index is 12.1. The second-order valence-electron chi connectivity index (χ2n) is 5.78. The fourth-order valence-corrected chi connectivity index (χ4v) is 3.14. The molecule has 1 aromatic heterocycles. The van der Waals surface area contributed by atoms with Gasteiger partial charge >= 0.3 is 0 Å². The summed E-state index contributed by atoms with van der Waals surface area (Å²) < 4.78 is 2.23. The first-order valence-electron chi connectivity index (χ1n) is 8.16. The lowest BCUT2D eigenvalue weighted by Gasteiger charge is -2.17. The van der Waals surface area contributed by atoms with Gasteiger partial charge in [-0.25, -0.2) is 4.98 Å². The van der Waals surface area contributed by atoms with Crippen LogP contribution in [0.3, 0.4) is 0 Å². The third-order valence-corrected chi connectivity index (χ3v) is 4.34. The average molecular weight is 297 g/mol. The first kappa shape index (κ1) is 14.8. The molecule has 0 saturated carbocycles. The van der Waals surface area contributed by atoms with E-state index in [1.807, 2.05) is 18.2 Å². The maximum Gasteiger partial charge on any atom is 0.223 e. The Morgan fingerprint density at radius 2 is 2.23 bits per heavy atom. The molecule has 116 valence electrons. The summed E-state index contributed by atoms with van der Waals surface area (Å²) in [6.07, 6.45) is 7.91. The van der Waals surface area contributed by atoms with E-state index < -0.39 is 0 Å². The molecule has 1 unspecified atom stereocenters. The maximum absolute atomic E-state index is 12.1. The van der Waals surface area contributed by atoms with E-state index in [2.05, 4.69) is 35.0 Å². The molecule has 4 heteroatoms. The van der Waals surface area contributed by atoms with Crippen molar-refractivity contribution < 1.29 is 4.79 Å². The number of rotatable bonds is 5. The first-order valence-corrected chi connectivity index (χ1v) is 8.16. The van der Waals surface area contributed by atoms with E-state index in [1.165, 1.54) is 5.52 Å². The molecule has 0 bridgehead atoms. The van der Waals surface area contributed by atoms with Crippen molar-refractivity contribution in [2.45, 2.75) is 39.2 Å². The largest absolute Gasteiger partial charge is 0.355 e. The standard InChI is InChI=1S/C18H23N3O/c1-2-21-16-11-7-6-10-15(16)20-17(21)12-13-19-18(22)14-8-4-3-5-9-14/h3-4,6-7,10-11,14H,2,5,8-9,12-13H2,1H3,(H,19,22). The molecule has 0 aliphatic heterocycles. The molecule has 22 heavy (non-hydrogen) atoms. The quantitative estimate of drug-likeness (QED) is 0.862. The van der Waals surface area contributed by atoms with Crippen LogP contribution in [-0.4, -0.2) is 22.0 Å². The summed E-state index contributed by atoms with van der Waals surface area (Å²) in [4.78, 5) is 16.8. The Bertz CT molecular complexity index is 687. The van der Waals surface area contributed by atoms with Crippen molar-refractivity contribution in [3.8, 4) is 0 Å². The lowest BCUT2D eigenvalue weighted by molar-refractivity contribution is -0.125. The Morgan fingerprint density at radius 1 is 1.36 bits per heavy atom. The fraction of sp³-hybridized carbons (Fsp3) is 0.444. The number of benzene rings is 1. The molecular weight excluding hydrogens is 274 g/mol. The zero-order valence-electron chi connectivity index (χ0n) is 13.1. The number of para-hydroxylation sites is 2. The highest BCUT2D eigenvalue weighted by Gasteiger charge is 2.18. The number of fused-ring (bicyclic) bond motifs is 1. The Morgan fingerprint density at radius 3 is 3.00 bits per heavy atom. The van der Waals surface area contributed by atoms with Gasteiger partial charge in [0.2, 0.25) is 5.91 Å². The van der Waals surface area contributed by atoms with Crippen LogP contribution in [0.1, 0.15) is 32.0 Å². The van der Waals surface area contributed by atoms with Gasteiger partial charge in [0.1, 0.15) is 5.82 Å². The SMILES string of the molecule is CCn1c(CCNC(=O)C2CC=CCC2)nc2ccccc21. The van der Waals surface area contributed by atoms with E-state index in [4.69, 9.17) is 4.98 Å². The summed E-state index contributed by atoms with van der Waals surface area (Å²) in [5.74, 6) is 1.38. The monoisotopic (exact) mass is 297 g/mol. The molecule has 1 heterocycles. The summed E-state index contributed by atoms with van der Waals surface area (Å²) in [6, 6.07) is 8.19. The molecule has 2 aromatic rings. The van der Waals surface area contributed by atoms with Crippen molar-refractivity contribution in [3.05, 3.63) is 42.2 Å². The van der Waals surface area contributed by atoms with Gasteiger partial charge in [-0.15, -0.1) is 0 Å². The summed E-state index contributed by atoms with van der Waals surface area (Å²) in [5.41, 5.74) is 2.20. The van der Waals surface area contributed by atoms with Crippen LogP contribution < -0.4 is 5.32 Å². The van der Waals surface area contributed by atoms with Crippen molar-refractivity contribution in [2.75, 3.05) is 6.54 Å². The van der Waals surface area contributed by atoms with Crippen molar-refractivity contribution in [2.24, 2.45) is 5.92 Å². The van der Waals surface area contributed by atoms with Crippen LogP contribution in [0.2, 0.25) is 0 Å². The van der Waals surface area contributed by atoms with E-state index in [1.54, 1.807) is 0 Å². The number of amides is 1. The lowest BCUT2D eigenvalue weighted by atomic mass is 9.94. The zero-order valence-corrected chi connectivity index (χ0v) is 13.1. The van der Waals surface area contributed by atoms with E-state index in [-0.39, 0.29) is 11.8 Å². The van der Waals surface area contributed by atoms with E-state index >= 15 is 0 Å². The third-order valence-electron chi connectivity index (χ3n) is 4.34. The van der Waals surface area contributed by atoms with Crippen molar-refractivity contribution in [3.63, 3.8) is 0 Å². The number of nitrogens with one attached hydrogen (secondary N) is 1. The Balaban J connectivity index is 1.61. The number of carbonyl (C=O) groups is 1. The van der Waals surface area contributed by atoms with Gasteiger partial charge in [-0.05, 0) is 38.3 Å². The summed E-state index contributed by atoms with van der Waals surface area (Å²) in [7, 11) is 0. The fourth-order valence-electron chi connectivity index (χ4n) is 3.14. The van der Waals surface area contributed by atoms with Gasteiger partial charge in [-0.1, -0.05) is 24.3 Å². The van der Waals surface area contributed by atoms with Crippen LogP contribution >= 0.6 is 0 Å². The molecule has 1 aromatic carbocycles. The molecule has 1 N–H and O–H groups in total. The van der Waals surface area contributed by atoms with Gasteiger partial charge in [0.15, 0.2) is 0 Å². The van der Waals surface area contributed by atoms with Crippen LogP contribution in [0.5, 0.6) is 0 Å². The molecule has 1 atom stereocenters. The van der Waals surface area contributed by atoms with Gasteiger partial charge in [0.05, 0.1) is 11.0 Å². The van der Waals surface area contributed by atoms with Crippen LogP contribution in [0.25, 0.3) is 11.0 Å². The zero-order chi connectivity index (χ0) is 15.4. The normalized spacial score (nSPS) is 17.8. The minimum atomic E-state index is 0.148. The number of hydrogen-bond donors (Lipinski definition) is 1. The summed E-state index contributed by atoms with van der Waals surface area (Å²) >= 11 is 0. The number of allylic oxidation sites excluding steroid dienone is 2. The van der Waals surface area contributed by atoms with Crippen molar-refractivity contribution in [1.82, 2.24) is 14.9 Å². The molecule has 4 nitrogen and oxygen atoms in total. The van der Waals surface area contributed by atoms with E-state index in [9.17, 15) is 4.79 Å². The topological polar surface area (TPSA) is 46.9 Å². The summed E-state index contributed by atoms with van der Waals surface area (Å²) in [6.45, 7) is 3.68. The number of aromatic nitrogens is 2. The number of aryl methyl sites for hydroxylation is 1. The van der Waals surface area contributed by atoms with Crippen LogP contribution in [0.4, 0.5) is 0 Å². The molecule has 1 amide bonds. The smallest absolute Gasteiger partial charge is 0.223 e. The number of imidazole rings is 1. The number of nitrogens with zero attached hydrogens (tertiary/aromatic N) is 2. The Labute approximate surface area is 131 Å². The minimum Gasteiger partial charge on any atom is -0.355 e. The molecule has 0 spiro atoms. The average Bonchev–Trinajstić information content (AvgIpc) is 2.93. The first-order chi connectivity index (χ1) is 10.8.